The largest absolute Gasteiger partial charge is 0.371 e. The summed E-state index contributed by atoms with van der Waals surface area (Å²) in [6.45, 7) is 8.63. The summed E-state index contributed by atoms with van der Waals surface area (Å²) in [4.78, 5) is 6.58. The highest BCUT2D eigenvalue weighted by atomic mass is 32.2. The SMILES string of the molecule is C=C(c1cc(S(=O)(=O)NC)ccc1N1CCCC1)N1CCN(c2ccc(C#N)cc2F)CC1. The third kappa shape index (κ3) is 4.68. The predicted octanol–water partition coefficient (Wildman–Crippen LogP) is 3.00. The number of nitrogens with zero attached hydrogens (tertiary/aromatic N) is 4. The summed E-state index contributed by atoms with van der Waals surface area (Å²) in [5.41, 5.74) is 3.36. The minimum atomic E-state index is -3.58. The van der Waals surface area contributed by atoms with Crippen LogP contribution in [0.2, 0.25) is 0 Å². The van der Waals surface area contributed by atoms with Crippen LogP contribution in [0.3, 0.4) is 0 Å². The van der Waals surface area contributed by atoms with E-state index in [0.29, 0.717) is 37.4 Å². The third-order valence-electron chi connectivity index (χ3n) is 6.38. The average molecular weight is 470 g/mol. The molecule has 0 spiro atoms. The zero-order valence-electron chi connectivity index (χ0n) is 18.7. The molecule has 7 nitrogen and oxygen atoms in total. The first-order chi connectivity index (χ1) is 15.8. The summed E-state index contributed by atoms with van der Waals surface area (Å²) < 4.78 is 41.7. The van der Waals surface area contributed by atoms with Gasteiger partial charge in [0.05, 0.1) is 22.2 Å². The Hall–Kier alpha value is -3.09. The molecular weight excluding hydrogens is 441 g/mol. The molecule has 1 N–H and O–H groups in total. The van der Waals surface area contributed by atoms with Crippen LogP contribution in [0.1, 0.15) is 24.0 Å². The van der Waals surface area contributed by atoms with E-state index in [4.69, 9.17) is 5.26 Å². The molecule has 2 saturated heterocycles. The highest BCUT2D eigenvalue weighted by Gasteiger charge is 2.25. The van der Waals surface area contributed by atoms with Crippen molar-refractivity contribution in [2.45, 2.75) is 17.7 Å². The van der Waals surface area contributed by atoms with Crippen LogP contribution in [-0.2, 0) is 10.0 Å². The number of hydrogen-bond donors (Lipinski definition) is 1. The maximum atomic E-state index is 14.5. The Morgan fingerprint density at radius 1 is 1.00 bits per heavy atom. The Balaban J connectivity index is 1.56. The van der Waals surface area contributed by atoms with E-state index in [9.17, 15) is 12.8 Å². The molecule has 2 aliphatic heterocycles. The van der Waals surface area contributed by atoms with E-state index in [1.807, 2.05) is 17.0 Å². The number of rotatable bonds is 6. The number of nitrogens with one attached hydrogen (secondary N) is 1. The van der Waals surface area contributed by atoms with E-state index in [-0.39, 0.29) is 4.90 Å². The molecule has 0 atom stereocenters. The van der Waals surface area contributed by atoms with Crippen molar-refractivity contribution < 1.29 is 12.8 Å². The lowest BCUT2D eigenvalue weighted by Gasteiger charge is -2.39. The Labute approximate surface area is 194 Å². The first-order valence-electron chi connectivity index (χ1n) is 11.1. The van der Waals surface area contributed by atoms with Crippen LogP contribution in [0.25, 0.3) is 5.70 Å². The minimum absolute atomic E-state index is 0.211. The summed E-state index contributed by atoms with van der Waals surface area (Å²) >= 11 is 0. The molecule has 0 bridgehead atoms. The van der Waals surface area contributed by atoms with Crippen molar-refractivity contribution in [1.29, 1.82) is 5.26 Å². The molecule has 0 aliphatic carbocycles. The first-order valence-corrected chi connectivity index (χ1v) is 12.5. The van der Waals surface area contributed by atoms with E-state index in [1.165, 1.54) is 13.1 Å². The van der Waals surface area contributed by atoms with Crippen molar-refractivity contribution >= 4 is 27.1 Å². The zero-order chi connectivity index (χ0) is 23.6. The molecular formula is C24H28FN5O2S. The fourth-order valence-electron chi connectivity index (χ4n) is 4.49. The number of nitriles is 1. The lowest BCUT2D eigenvalue weighted by molar-refractivity contribution is 0.366. The Kier molecular flexibility index (Phi) is 6.58. The van der Waals surface area contributed by atoms with Gasteiger partial charge in [0.25, 0.3) is 0 Å². The number of sulfonamides is 1. The molecule has 0 unspecified atom stereocenters. The van der Waals surface area contributed by atoms with Gasteiger partial charge in [0.15, 0.2) is 0 Å². The fourth-order valence-corrected chi connectivity index (χ4v) is 5.24. The van der Waals surface area contributed by atoms with Gasteiger partial charge in [-0.25, -0.2) is 17.5 Å². The Morgan fingerprint density at radius 3 is 2.24 bits per heavy atom. The topological polar surface area (TPSA) is 79.7 Å². The molecule has 0 radical (unpaired) electrons. The third-order valence-corrected chi connectivity index (χ3v) is 7.80. The summed E-state index contributed by atoms with van der Waals surface area (Å²) in [7, 11) is -2.18. The lowest BCUT2D eigenvalue weighted by atomic mass is 10.1. The van der Waals surface area contributed by atoms with E-state index in [0.717, 1.165) is 42.9 Å². The average Bonchev–Trinajstić information content (AvgIpc) is 3.38. The van der Waals surface area contributed by atoms with Gasteiger partial charge < -0.3 is 14.7 Å². The van der Waals surface area contributed by atoms with Crippen molar-refractivity contribution in [3.8, 4) is 6.07 Å². The lowest BCUT2D eigenvalue weighted by Crippen LogP contribution is -2.45. The second kappa shape index (κ2) is 9.41. The van der Waals surface area contributed by atoms with Crippen molar-refractivity contribution in [2.75, 3.05) is 56.1 Å². The molecule has 174 valence electrons. The highest BCUT2D eigenvalue weighted by Crippen LogP contribution is 2.34. The van der Waals surface area contributed by atoms with Crippen molar-refractivity contribution in [2.24, 2.45) is 0 Å². The molecule has 0 saturated carbocycles. The molecule has 33 heavy (non-hydrogen) atoms. The van der Waals surface area contributed by atoms with E-state index in [2.05, 4.69) is 21.1 Å². The van der Waals surface area contributed by atoms with E-state index in [1.54, 1.807) is 24.3 Å². The van der Waals surface area contributed by atoms with Crippen LogP contribution in [-0.4, -0.2) is 59.6 Å². The Morgan fingerprint density at radius 2 is 1.64 bits per heavy atom. The molecule has 0 amide bonds. The van der Waals surface area contributed by atoms with E-state index >= 15 is 0 Å². The zero-order valence-corrected chi connectivity index (χ0v) is 19.5. The number of hydrogen-bond acceptors (Lipinski definition) is 6. The number of piperazine rings is 1. The molecule has 2 aliphatic rings. The monoisotopic (exact) mass is 469 g/mol. The van der Waals surface area contributed by atoms with Crippen LogP contribution >= 0.6 is 0 Å². The molecule has 9 heteroatoms. The van der Waals surface area contributed by atoms with Crippen LogP contribution < -0.4 is 14.5 Å². The van der Waals surface area contributed by atoms with Crippen LogP contribution in [0.4, 0.5) is 15.8 Å². The van der Waals surface area contributed by atoms with E-state index < -0.39 is 15.8 Å². The predicted molar refractivity (Wildman–Crippen MR) is 128 cm³/mol. The molecule has 0 aromatic heterocycles. The molecule has 2 fully saturated rings. The van der Waals surface area contributed by atoms with Gasteiger partial charge in [-0.05, 0) is 56.3 Å². The number of anilines is 2. The van der Waals surface area contributed by atoms with Crippen molar-refractivity contribution in [3.63, 3.8) is 0 Å². The maximum absolute atomic E-state index is 14.5. The fraction of sp³-hybridized carbons (Fsp3) is 0.375. The quantitative estimate of drug-likeness (QED) is 0.701. The second-order valence-corrected chi connectivity index (χ2v) is 10.2. The first kappa shape index (κ1) is 23.1. The van der Waals surface area contributed by atoms with Crippen molar-refractivity contribution in [1.82, 2.24) is 9.62 Å². The summed E-state index contributed by atoms with van der Waals surface area (Å²) in [5.74, 6) is -0.400. The van der Waals surface area contributed by atoms with Gasteiger partial charge in [-0.3, -0.25) is 0 Å². The second-order valence-electron chi connectivity index (χ2n) is 8.28. The van der Waals surface area contributed by atoms with Gasteiger partial charge in [0.2, 0.25) is 10.0 Å². The maximum Gasteiger partial charge on any atom is 0.240 e. The van der Waals surface area contributed by atoms with Crippen LogP contribution in [0.5, 0.6) is 0 Å². The van der Waals surface area contributed by atoms with Gasteiger partial charge in [-0.1, -0.05) is 6.58 Å². The van der Waals surface area contributed by atoms with Crippen molar-refractivity contribution in [3.05, 3.63) is 59.9 Å². The van der Waals surface area contributed by atoms with Gasteiger partial charge in [0.1, 0.15) is 5.82 Å². The molecule has 4 rings (SSSR count). The molecule has 2 heterocycles. The van der Waals surface area contributed by atoms with Gasteiger partial charge in [0, 0.05) is 56.2 Å². The normalized spacial score (nSPS) is 16.7. The Bertz CT molecular complexity index is 1190. The molecule has 2 aromatic rings. The smallest absolute Gasteiger partial charge is 0.240 e. The standard InChI is InChI=1S/C24H28FN5O2S/c1-18(28-11-13-30(14-12-28)24-7-5-19(17-26)15-22(24)25)21-16-20(33(31,32)27-2)6-8-23(21)29-9-3-4-10-29/h5-8,15-16,27H,1,3-4,9-14H2,2H3. The summed E-state index contributed by atoms with van der Waals surface area (Å²) in [6, 6.07) is 11.7. The van der Waals surface area contributed by atoms with Crippen LogP contribution in [0, 0.1) is 17.1 Å². The van der Waals surface area contributed by atoms with Crippen LogP contribution in [0.15, 0.2) is 47.9 Å². The van der Waals surface area contributed by atoms with Gasteiger partial charge >= 0.3 is 0 Å². The summed E-state index contributed by atoms with van der Waals surface area (Å²) in [5, 5.41) is 8.96. The number of halogens is 1. The van der Waals surface area contributed by atoms with Gasteiger partial charge in [-0.15, -0.1) is 0 Å². The van der Waals surface area contributed by atoms with Gasteiger partial charge in [-0.2, -0.15) is 5.26 Å². The minimum Gasteiger partial charge on any atom is -0.371 e. The number of benzene rings is 2. The summed E-state index contributed by atoms with van der Waals surface area (Å²) in [6.07, 6.45) is 2.22. The highest BCUT2D eigenvalue weighted by molar-refractivity contribution is 7.89. The molecule has 2 aromatic carbocycles.